The molecule has 2 N–H and O–H groups in total. The zero-order chi connectivity index (χ0) is 20.8. The van der Waals surface area contributed by atoms with Crippen molar-refractivity contribution < 1.29 is 14.0 Å². The number of nitrogens with two attached hydrogens (primary N) is 1. The number of para-hydroxylation sites is 1. The van der Waals surface area contributed by atoms with Gasteiger partial charge in [-0.15, -0.1) is 0 Å². The summed E-state index contributed by atoms with van der Waals surface area (Å²) in [5.74, 6) is -0.839. The fourth-order valence-electron chi connectivity index (χ4n) is 3.42. The Morgan fingerprint density at radius 3 is 2.52 bits per heavy atom. The quantitative estimate of drug-likeness (QED) is 0.787. The lowest BCUT2D eigenvalue weighted by Gasteiger charge is -2.30. The number of carbonyl (C=O) groups is 2. The number of nitrogens with zero attached hydrogens (tertiary/aromatic N) is 3. The zero-order valence-corrected chi connectivity index (χ0v) is 16.7. The molecule has 3 rings (SSSR count). The van der Waals surface area contributed by atoms with Gasteiger partial charge in [0.1, 0.15) is 5.82 Å². The summed E-state index contributed by atoms with van der Waals surface area (Å²) in [5.41, 5.74) is 6.65. The van der Waals surface area contributed by atoms with Crippen LogP contribution in [-0.4, -0.2) is 61.4 Å². The first-order chi connectivity index (χ1) is 14.0. The lowest BCUT2D eigenvalue weighted by molar-refractivity contribution is 0.100. The lowest BCUT2D eigenvalue weighted by Crippen LogP contribution is -2.44. The van der Waals surface area contributed by atoms with Crippen molar-refractivity contribution in [3.63, 3.8) is 0 Å². The van der Waals surface area contributed by atoms with Crippen molar-refractivity contribution in [1.82, 2.24) is 9.80 Å². The number of anilines is 1. The van der Waals surface area contributed by atoms with Gasteiger partial charge in [-0.05, 0) is 38.2 Å². The Kier molecular flexibility index (Phi) is 6.95. The Balaban J connectivity index is 1.87. The molecule has 2 amide bonds. The summed E-state index contributed by atoms with van der Waals surface area (Å²) in [6, 6.07) is 13.4. The van der Waals surface area contributed by atoms with Gasteiger partial charge < -0.3 is 15.5 Å². The molecule has 29 heavy (non-hydrogen) atoms. The van der Waals surface area contributed by atoms with E-state index in [0.29, 0.717) is 24.3 Å². The van der Waals surface area contributed by atoms with E-state index >= 15 is 0 Å². The van der Waals surface area contributed by atoms with Crippen LogP contribution in [0.15, 0.2) is 48.5 Å². The topological polar surface area (TPSA) is 69.9 Å². The normalized spacial score (nSPS) is 15.1. The third-order valence-corrected chi connectivity index (χ3v) is 5.18. The molecule has 0 unspecified atom stereocenters. The van der Waals surface area contributed by atoms with E-state index in [2.05, 4.69) is 4.90 Å². The second kappa shape index (κ2) is 9.62. The van der Waals surface area contributed by atoms with Crippen LogP contribution >= 0.6 is 0 Å². The van der Waals surface area contributed by atoms with Gasteiger partial charge in [0.05, 0.1) is 13.1 Å². The van der Waals surface area contributed by atoms with Crippen molar-refractivity contribution in [2.24, 2.45) is 5.73 Å². The van der Waals surface area contributed by atoms with Gasteiger partial charge in [-0.1, -0.05) is 30.3 Å². The average molecular weight is 398 g/mol. The molecule has 2 aromatic rings. The van der Waals surface area contributed by atoms with Gasteiger partial charge in [0.2, 0.25) is 0 Å². The summed E-state index contributed by atoms with van der Waals surface area (Å²) < 4.78 is 14.7. The number of amides is 2. The first kappa shape index (κ1) is 21.0. The first-order valence-electron chi connectivity index (χ1n) is 9.81. The molecular weight excluding hydrogens is 371 g/mol. The second-order valence-corrected chi connectivity index (χ2v) is 7.28. The monoisotopic (exact) mass is 398 g/mol. The van der Waals surface area contributed by atoms with Crippen LogP contribution < -0.4 is 10.6 Å². The van der Waals surface area contributed by atoms with Crippen molar-refractivity contribution in [3.05, 3.63) is 65.5 Å². The standard InChI is InChI=1S/C22H27FN4O2/c1-25-10-5-11-26(13-12-25)22(29)27(19-6-3-2-4-7-19)16-18-9-8-17(14-20(18)23)21(28)15-24/h2-4,6-9,14H,5,10-13,15-16,24H2,1H3. The highest BCUT2D eigenvalue weighted by atomic mass is 19.1. The minimum atomic E-state index is -0.520. The number of urea groups is 1. The molecule has 0 atom stereocenters. The third kappa shape index (κ3) is 5.19. The van der Waals surface area contributed by atoms with Gasteiger partial charge in [0.25, 0.3) is 0 Å². The molecule has 6 nitrogen and oxygen atoms in total. The highest BCUT2D eigenvalue weighted by Crippen LogP contribution is 2.22. The molecule has 0 bridgehead atoms. The van der Waals surface area contributed by atoms with Crippen molar-refractivity contribution in [2.75, 3.05) is 44.7 Å². The molecule has 2 aromatic carbocycles. The summed E-state index contributed by atoms with van der Waals surface area (Å²) in [7, 11) is 2.04. The molecule has 1 heterocycles. The number of hydrogen-bond donors (Lipinski definition) is 1. The molecule has 0 spiro atoms. The van der Waals surface area contributed by atoms with Crippen molar-refractivity contribution in [3.8, 4) is 0 Å². The highest BCUT2D eigenvalue weighted by molar-refractivity contribution is 5.97. The van der Waals surface area contributed by atoms with Crippen LogP contribution in [0.2, 0.25) is 0 Å². The van der Waals surface area contributed by atoms with E-state index in [1.165, 1.54) is 6.07 Å². The van der Waals surface area contributed by atoms with Gasteiger partial charge >= 0.3 is 6.03 Å². The Morgan fingerprint density at radius 1 is 1.07 bits per heavy atom. The number of carbonyl (C=O) groups excluding carboxylic acids is 2. The van der Waals surface area contributed by atoms with Crippen molar-refractivity contribution >= 4 is 17.5 Å². The largest absolute Gasteiger partial charge is 0.324 e. The summed E-state index contributed by atoms with van der Waals surface area (Å²) in [6.07, 6.45) is 0.898. The van der Waals surface area contributed by atoms with E-state index in [4.69, 9.17) is 5.73 Å². The minimum absolute atomic E-state index is 0.0815. The molecular formula is C22H27FN4O2. The maximum atomic E-state index is 14.7. The van der Waals surface area contributed by atoms with Crippen LogP contribution in [0.1, 0.15) is 22.3 Å². The van der Waals surface area contributed by atoms with Gasteiger partial charge in [0, 0.05) is 36.4 Å². The van der Waals surface area contributed by atoms with E-state index in [0.717, 1.165) is 19.5 Å². The predicted molar refractivity (Wildman–Crippen MR) is 111 cm³/mol. The molecule has 0 saturated carbocycles. The van der Waals surface area contributed by atoms with Crippen molar-refractivity contribution in [2.45, 2.75) is 13.0 Å². The number of ketones is 1. The molecule has 1 aliphatic heterocycles. The lowest BCUT2D eigenvalue weighted by atomic mass is 10.1. The van der Waals surface area contributed by atoms with E-state index in [-0.39, 0.29) is 30.5 Å². The summed E-state index contributed by atoms with van der Waals surface area (Å²) >= 11 is 0. The summed E-state index contributed by atoms with van der Waals surface area (Å²) in [5, 5.41) is 0. The summed E-state index contributed by atoms with van der Waals surface area (Å²) in [4.78, 5) is 30.7. The van der Waals surface area contributed by atoms with Gasteiger partial charge in [-0.3, -0.25) is 9.69 Å². The fourth-order valence-corrected chi connectivity index (χ4v) is 3.42. The predicted octanol–water partition coefficient (Wildman–Crippen LogP) is 2.73. The maximum Gasteiger partial charge on any atom is 0.324 e. The molecule has 0 aromatic heterocycles. The van der Waals surface area contributed by atoms with Crippen LogP contribution in [0, 0.1) is 5.82 Å². The van der Waals surface area contributed by atoms with Gasteiger partial charge in [0.15, 0.2) is 5.78 Å². The van der Waals surface area contributed by atoms with Gasteiger partial charge in [-0.2, -0.15) is 0 Å². The highest BCUT2D eigenvalue weighted by Gasteiger charge is 2.25. The van der Waals surface area contributed by atoms with Crippen LogP contribution in [0.5, 0.6) is 0 Å². The molecule has 0 radical (unpaired) electrons. The van der Waals surface area contributed by atoms with Crippen LogP contribution in [0.4, 0.5) is 14.9 Å². The molecule has 1 fully saturated rings. The van der Waals surface area contributed by atoms with E-state index in [1.807, 2.05) is 42.3 Å². The Bertz CT molecular complexity index is 859. The average Bonchev–Trinajstić information content (AvgIpc) is 2.97. The SMILES string of the molecule is CN1CCCN(C(=O)N(Cc2ccc(C(=O)CN)cc2F)c2ccccc2)CC1. The van der Waals surface area contributed by atoms with E-state index in [9.17, 15) is 14.0 Å². The smallest absolute Gasteiger partial charge is 0.324 e. The number of halogens is 1. The number of Topliss-reactive ketones (excluding diaryl/α,β-unsaturated/α-hetero) is 1. The number of likely N-dealkylation sites (N-methyl/N-ethyl adjacent to an activating group) is 1. The number of benzene rings is 2. The molecule has 1 aliphatic rings. The van der Waals surface area contributed by atoms with Crippen LogP contribution in [-0.2, 0) is 6.54 Å². The van der Waals surface area contributed by atoms with E-state index < -0.39 is 5.82 Å². The minimum Gasteiger partial charge on any atom is -0.324 e. The Labute approximate surface area is 170 Å². The molecule has 1 saturated heterocycles. The molecule has 0 aliphatic carbocycles. The fraction of sp³-hybridized carbons (Fsp3) is 0.364. The van der Waals surface area contributed by atoms with Gasteiger partial charge in [-0.25, -0.2) is 9.18 Å². The first-order valence-corrected chi connectivity index (χ1v) is 9.81. The Hall–Kier alpha value is -2.77. The summed E-state index contributed by atoms with van der Waals surface area (Å²) in [6.45, 7) is 2.96. The Morgan fingerprint density at radius 2 is 1.83 bits per heavy atom. The second-order valence-electron chi connectivity index (χ2n) is 7.28. The number of hydrogen-bond acceptors (Lipinski definition) is 4. The maximum absolute atomic E-state index is 14.7. The molecule has 7 heteroatoms. The van der Waals surface area contributed by atoms with Crippen LogP contribution in [0.25, 0.3) is 0 Å². The number of rotatable bonds is 5. The molecule has 154 valence electrons. The third-order valence-electron chi connectivity index (χ3n) is 5.18. The van der Waals surface area contributed by atoms with Crippen molar-refractivity contribution in [1.29, 1.82) is 0 Å². The van der Waals surface area contributed by atoms with E-state index in [1.54, 1.807) is 17.0 Å². The van der Waals surface area contributed by atoms with Crippen LogP contribution in [0.3, 0.4) is 0 Å². The zero-order valence-electron chi connectivity index (χ0n) is 16.7.